The third-order valence-corrected chi connectivity index (χ3v) is 5.92. The number of hydrogen-bond acceptors (Lipinski definition) is 4. The van der Waals surface area contributed by atoms with E-state index in [2.05, 4.69) is 16.0 Å². The van der Waals surface area contributed by atoms with Gasteiger partial charge < -0.3 is 20.9 Å². The quantitative estimate of drug-likeness (QED) is 0.569. The highest BCUT2D eigenvalue weighted by molar-refractivity contribution is 6.31. The van der Waals surface area contributed by atoms with E-state index < -0.39 is 0 Å². The minimum absolute atomic E-state index is 0.0718. The van der Waals surface area contributed by atoms with Crippen LogP contribution in [0.1, 0.15) is 46.3 Å². The van der Waals surface area contributed by atoms with E-state index in [0.29, 0.717) is 16.3 Å². The van der Waals surface area contributed by atoms with Crippen LogP contribution in [-0.4, -0.2) is 48.8 Å². The van der Waals surface area contributed by atoms with Crippen LogP contribution in [0.5, 0.6) is 0 Å². The molecule has 1 heterocycles. The Labute approximate surface area is 199 Å². The minimum Gasteiger partial charge on any atom is -0.375 e. The maximum absolute atomic E-state index is 12.9. The van der Waals surface area contributed by atoms with Crippen LogP contribution in [0, 0.1) is 20.8 Å². The fourth-order valence-corrected chi connectivity index (χ4v) is 4.27. The molecule has 0 bridgehead atoms. The molecule has 1 saturated heterocycles. The van der Waals surface area contributed by atoms with Gasteiger partial charge in [0, 0.05) is 29.5 Å². The molecule has 0 unspecified atom stereocenters. The Bertz CT molecular complexity index is 1020. The fraction of sp³-hybridized carbons (Fsp3) is 0.400. The van der Waals surface area contributed by atoms with Gasteiger partial charge in [-0.3, -0.25) is 14.4 Å². The lowest BCUT2D eigenvalue weighted by Crippen LogP contribution is -2.37. The maximum atomic E-state index is 12.9. The number of carbonyl (C=O) groups excluding carboxylic acids is 3. The second-order valence-electron chi connectivity index (χ2n) is 8.49. The summed E-state index contributed by atoms with van der Waals surface area (Å²) in [6.07, 6.45) is 3.12. The molecule has 3 rings (SSSR count). The van der Waals surface area contributed by atoms with E-state index in [9.17, 15) is 14.4 Å². The number of benzene rings is 2. The summed E-state index contributed by atoms with van der Waals surface area (Å²) < 4.78 is 0. The lowest BCUT2D eigenvalue weighted by molar-refractivity contribution is -0.122. The molecule has 0 aliphatic carbocycles. The van der Waals surface area contributed by atoms with Crippen molar-refractivity contribution in [1.29, 1.82) is 0 Å². The largest absolute Gasteiger partial charge is 0.375 e. The molecule has 1 aliphatic heterocycles. The topological polar surface area (TPSA) is 90.5 Å². The van der Waals surface area contributed by atoms with Crippen LogP contribution in [0.25, 0.3) is 0 Å². The van der Waals surface area contributed by atoms with E-state index in [-0.39, 0.29) is 30.8 Å². The van der Waals surface area contributed by atoms with Crippen LogP contribution in [-0.2, 0) is 9.59 Å². The molecule has 3 amide bonds. The van der Waals surface area contributed by atoms with Crippen LogP contribution in [0.15, 0.2) is 30.3 Å². The van der Waals surface area contributed by atoms with Crippen molar-refractivity contribution >= 4 is 40.7 Å². The molecule has 7 nitrogen and oxygen atoms in total. The zero-order valence-corrected chi connectivity index (χ0v) is 20.1. The average Bonchev–Trinajstić information content (AvgIpc) is 2.79. The van der Waals surface area contributed by atoms with Gasteiger partial charge in [0.05, 0.1) is 18.7 Å². The number of anilines is 2. The molecule has 176 valence electrons. The van der Waals surface area contributed by atoms with Gasteiger partial charge in [-0.15, -0.1) is 0 Å². The van der Waals surface area contributed by atoms with Gasteiger partial charge in [0.25, 0.3) is 5.91 Å². The van der Waals surface area contributed by atoms with Gasteiger partial charge in [-0.25, -0.2) is 0 Å². The molecule has 1 aliphatic rings. The molecule has 0 atom stereocenters. The number of nitrogens with one attached hydrogen (secondary N) is 3. The lowest BCUT2D eigenvalue weighted by Gasteiger charge is -2.27. The summed E-state index contributed by atoms with van der Waals surface area (Å²) in [6.45, 7) is 7.10. The Morgan fingerprint density at radius 3 is 2.24 bits per heavy atom. The number of rotatable bonds is 7. The number of likely N-dealkylation sites (tertiary alicyclic amines) is 1. The first-order chi connectivity index (χ1) is 15.7. The van der Waals surface area contributed by atoms with Crippen LogP contribution in [0.2, 0.25) is 5.02 Å². The summed E-state index contributed by atoms with van der Waals surface area (Å²) in [4.78, 5) is 39.4. The number of hydrogen-bond donors (Lipinski definition) is 3. The van der Waals surface area contributed by atoms with Gasteiger partial charge in [-0.1, -0.05) is 29.3 Å². The average molecular weight is 471 g/mol. The highest BCUT2D eigenvalue weighted by Gasteiger charge is 2.21. The Kier molecular flexibility index (Phi) is 8.33. The zero-order chi connectivity index (χ0) is 24.0. The highest BCUT2D eigenvalue weighted by atomic mass is 35.5. The molecule has 3 N–H and O–H groups in total. The zero-order valence-electron chi connectivity index (χ0n) is 19.4. The molecule has 0 radical (unpaired) electrons. The third kappa shape index (κ3) is 6.71. The van der Waals surface area contributed by atoms with E-state index in [0.717, 1.165) is 54.7 Å². The van der Waals surface area contributed by atoms with Crippen molar-refractivity contribution in [2.75, 3.05) is 36.8 Å². The van der Waals surface area contributed by atoms with Crippen LogP contribution >= 0.6 is 11.6 Å². The van der Waals surface area contributed by atoms with Crippen molar-refractivity contribution < 1.29 is 14.4 Å². The van der Waals surface area contributed by atoms with Gasteiger partial charge >= 0.3 is 0 Å². The van der Waals surface area contributed by atoms with Gasteiger partial charge in [0.2, 0.25) is 11.8 Å². The molecule has 0 spiro atoms. The Hall–Kier alpha value is -3.06. The minimum atomic E-state index is -0.362. The first kappa shape index (κ1) is 24.6. The summed E-state index contributed by atoms with van der Waals surface area (Å²) in [5, 5.41) is 8.93. The Morgan fingerprint density at radius 2 is 1.58 bits per heavy atom. The first-order valence-corrected chi connectivity index (χ1v) is 11.6. The lowest BCUT2D eigenvalue weighted by atomic mass is 10.1. The van der Waals surface area contributed by atoms with Gasteiger partial charge in [-0.2, -0.15) is 0 Å². The first-order valence-electron chi connectivity index (χ1n) is 11.2. The van der Waals surface area contributed by atoms with Crippen molar-refractivity contribution in [3.05, 3.63) is 57.6 Å². The fourth-order valence-electron chi connectivity index (χ4n) is 4.09. The van der Waals surface area contributed by atoms with E-state index >= 15 is 0 Å². The highest BCUT2D eigenvalue weighted by Crippen LogP contribution is 2.24. The summed E-state index contributed by atoms with van der Waals surface area (Å²) in [5.41, 5.74) is 4.82. The number of nitrogens with zero attached hydrogens (tertiary/aromatic N) is 1. The predicted molar refractivity (Wildman–Crippen MR) is 132 cm³/mol. The Morgan fingerprint density at radius 1 is 0.909 bits per heavy atom. The third-order valence-electron chi connectivity index (χ3n) is 5.68. The summed E-state index contributed by atoms with van der Waals surface area (Å²) >= 11 is 6.12. The molecule has 0 saturated carbocycles. The standard InChI is InChI=1S/C25H31ClN4O3/c1-16-11-17(2)24(18(3)12-16)29-23(32)15-28-22(31)14-27-21-13-19(26)7-8-20(21)25(33)30-9-5-4-6-10-30/h7-8,11-13,27H,4-6,9-10,14-15H2,1-3H3,(H,28,31)(H,29,32). The van der Waals surface area contributed by atoms with Crippen LogP contribution in [0.4, 0.5) is 11.4 Å². The van der Waals surface area contributed by atoms with Crippen LogP contribution in [0.3, 0.4) is 0 Å². The summed E-state index contributed by atoms with van der Waals surface area (Å²) in [6, 6.07) is 8.99. The molecule has 2 aromatic carbocycles. The second-order valence-corrected chi connectivity index (χ2v) is 8.93. The number of carbonyl (C=O) groups is 3. The number of halogens is 1. The number of amides is 3. The monoisotopic (exact) mass is 470 g/mol. The van der Waals surface area contributed by atoms with Crippen molar-refractivity contribution in [2.45, 2.75) is 40.0 Å². The number of aryl methyl sites for hydroxylation is 3. The molecule has 0 aromatic heterocycles. The predicted octanol–water partition coefficient (Wildman–Crippen LogP) is 4.06. The van der Waals surface area contributed by atoms with Gasteiger partial charge in [0.1, 0.15) is 0 Å². The normalized spacial score (nSPS) is 13.4. The van der Waals surface area contributed by atoms with Crippen molar-refractivity contribution in [2.24, 2.45) is 0 Å². The van der Waals surface area contributed by atoms with E-state index in [1.807, 2.05) is 37.8 Å². The summed E-state index contributed by atoms with van der Waals surface area (Å²) in [7, 11) is 0. The van der Waals surface area contributed by atoms with Crippen LogP contribution < -0.4 is 16.0 Å². The molecule has 33 heavy (non-hydrogen) atoms. The second kappa shape index (κ2) is 11.2. The van der Waals surface area contributed by atoms with Crippen molar-refractivity contribution in [1.82, 2.24) is 10.2 Å². The van der Waals surface area contributed by atoms with Crippen molar-refractivity contribution in [3.63, 3.8) is 0 Å². The van der Waals surface area contributed by atoms with E-state index in [1.54, 1.807) is 18.2 Å². The number of piperidine rings is 1. The molecule has 2 aromatic rings. The molecule has 1 fully saturated rings. The van der Waals surface area contributed by atoms with E-state index in [4.69, 9.17) is 11.6 Å². The molecule has 8 heteroatoms. The molecular weight excluding hydrogens is 440 g/mol. The van der Waals surface area contributed by atoms with Crippen molar-refractivity contribution in [3.8, 4) is 0 Å². The maximum Gasteiger partial charge on any atom is 0.255 e. The SMILES string of the molecule is Cc1cc(C)c(NC(=O)CNC(=O)CNc2cc(Cl)ccc2C(=O)N2CCCCC2)c(C)c1. The smallest absolute Gasteiger partial charge is 0.255 e. The Balaban J connectivity index is 1.55. The van der Waals surface area contributed by atoms with Gasteiger partial charge in [-0.05, 0) is 69.4 Å². The van der Waals surface area contributed by atoms with Gasteiger partial charge in [0.15, 0.2) is 0 Å². The molecular formula is C25H31ClN4O3. The van der Waals surface area contributed by atoms with E-state index in [1.165, 1.54) is 0 Å². The summed E-state index contributed by atoms with van der Waals surface area (Å²) in [5.74, 6) is -0.738.